The summed E-state index contributed by atoms with van der Waals surface area (Å²) in [6.07, 6.45) is 1.90. The van der Waals surface area contributed by atoms with Crippen LogP contribution in [-0.2, 0) is 19.1 Å². The number of hydrogen-bond acceptors (Lipinski definition) is 9. The maximum absolute atomic E-state index is 13.4. The van der Waals surface area contributed by atoms with Crippen molar-refractivity contribution >= 4 is 52.3 Å². The van der Waals surface area contributed by atoms with E-state index in [9.17, 15) is 14.7 Å². The highest BCUT2D eigenvalue weighted by molar-refractivity contribution is 7.11. The molecule has 2 aliphatic rings. The third kappa shape index (κ3) is 6.38. The molecule has 12 heteroatoms. The summed E-state index contributed by atoms with van der Waals surface area (Å²) in [4.78, 5) is 36.5. The summed E-state index contributed by atoms with van der Waals surface area (Å²) in [5.74, 6) is -1.42. The number of carboxylic acid groups (broad SMARTS) is 1. The van der Waals surface area contributed by atoms with E-state index in [2.05, 4.69) is 15.2 Å². The largest absolute Gasteiger partial charge is 0.481 e. The Balaban J connectivity index is 1.80. The molecule has 0 bridgehead atoms. The normalized spacial score (nSPS) is 23.0. The van der Waals surface area contributed by atoms with Crippen LogP contribution in [-0.4, -0.2) is 71.2 Å². The van der Waals surface area contributed by atoms with Gasteiger partial charge in [-0.15, -0.1) is 11.3 Å². The lowest BCUT2D eigenvalue weighted by Crippen LogP contribution is -2.53. The maximum Gasteiger partial charge on any atom is 0.338 e. The van der Waals surface area contributed by atoms with Gasteiger partial charge in [-0.3, -0.25) is 14.7 Å². The van der Waals surface area contributed by atoms with E-state index >= 15 is 0 Å². The fraction of sp³-hybridized carbons (Fsp3) is 0.462. The monoisotopic (exact) mass is 580 g/mol. The summed E-state index contributed by atoms with van der Waals surface area (Å²) in [6, 6.07) is 4.15. The van der Waals surface area contributed by atoms with Crippen LogP contribution in [0, 0.1) is 5.92 Å². The van der Waals surface area contributed by atoms with Crippen molar-refractivity contribution in [1.29, 1.82) is 0 Å². The molecule has 3 heterocycles. The van der Waals surface area contributed by atoms with Crippen molar-refractivity contribution in [3.63, 3.8) is 0 Å². The van der Waals surface area contributed by atoms with Crippen molar-refractivity contribution in [2.45, 2.75) is 45.4 Å². The predicted molar refractivity (Wildman–Crippen MR) is 147 cm³/mol. The van der Waals surface area contributed by atoms with E-state index in [1.807, 2.05) is 12.3 Å². The molecule has 0 amide bonds. The average molecular weight is 582 g/mol. The lowest BCUT2D eigenvalue weighted by molar-refractivity contribution is -0.143. The molecule has 1 fully saturated rings. The predicted octanol–water partition coefficient (Wildman–Crippen LogP) is 4.56. The average Bonchev–Trinajstić information content (AvgIpc) is 3.41. The quantitative estimate of drug-likeness (QED) is 0.415. The minimum atomic E-state index is -0.861. The van der Waals surface area contributed by atoms with Crippen molar-refractivity contribution in [2.75, 3.05) is 26.3 Å². The standard InChI is InChI=1S/C26H30Cl2N4O5S/c1-4-36-26(35)21-19(13-32-8-9-37-15(3)20(32)11-14(2)25(33)34)30-23(24-29-7-10-38-24)31-22(21)17-6-5-16(27)12-18(17)28/h5-7,10,12,14-15,20,22H,4,8-9,11,13H2,1-3H3,(H,30,31)(H,33,34)/t14?,15-,20-,22+/m1/s1. The fourth-order valence-corrected chi connectivity index (χ4v) is 5.80. The van der Waals surface area contributed by atoms with E-state index in [1.165, 1.54) is 11.3 Å². The summed E-state index contributed by atoms with van der Waals surface area (Å²) in [5.41, 5.74) is 1.54. The van der Waals surface area contributed by atoms with E-state index in [1.54, 1.807) is 38.2 Å². The van der Waals surface area contributed by atoms with Crippen LogP contribution in [0.4, 0.5) is 0 Å². The number of aliphatic carboxylic acids is 1. The molecule has 0 aliphatic carbocycles. The molecular weight excluding hydrogens is 551 g/mol. The first-order valence-electron chi connectivity index (χ1n) is 12.4. The number of aliphatic imine (C=N–C) groups is 1. The Labute approximate surface area is 235 Å². The number of thiazole rings is 1. The number of nitrogens with one attached hydrogen (secondary N) is 1. The Morgan fingerprint density at radius 3 is 2.82 bits per heavy atom. The number of halogens is 2. The van der Waals surface area contributed by atoms with Crippen LogP contribution in [0.3, 0.4) is 0 Å². The van der Waals surface area contributed by atoms with Crippen LogP contribution >= 0.6 is 34.5 Å². The summed E-state index contributed by atoms with van der Waals surface area (Å²) >= 11 is 14.2. The van der Waals surface area contributed by atoms with Gasteiger partial charge >= 0.3 is 11.9 Å². The van der Waals surface area contributed by atoms with Gasteiger partial charge in [0.2, 0.25) is 0 Å². The summed E-state index contributed by atoms with van der Waals surface area (Å²) in [7, 11) is 0. The number of nitrogens with zero attached hydrogens (tertiary/aromatic N) is 3. The number of benzene rings is 1. The van der Waals surface area contributed by atoms with E-state index in [-0.39, 0.29) is 18.8 Å². The molecule has 2 aromatic rings. The van der Waals surface area contributed by atoms with Gasteiger partial charge in [0.05, 0.1) is 30.8 Å². The Morgan fingerprint density at radius 2 is 2.16 bits per heavy atom. The number of amidine groups is 1. The number of hydrogen-bond donors (Lipinski definition) is 2. The molecule has 4 atom stereocenters. The van der Waals surface area contributed by atoms with Crippen LogP contribution in [0.5, 0.6) is 0 Å². The van der Waals surface area contributed by atoms with Crippen molar-refractivity contribution < 1.29 is 24.2 Å². The lowest BCUT2D eigenvalue weighted by Gasteiger charge is -2.42. The molecule has 4 rings (SSSR count). The van der Waals surface area contributed by atoms with E-state index < -0.39 is 23.9 Å². The summed E-state index contributed by atoms with van der Waals surface area (Å²) in [5, 5.41) is 16.2. The highest BCUT2D eigenvalue weighted by Crippen LogP contribution is 2.38. The highest BCUT2D eigenvalue weighted by atomic mass is 35.5. The molecule has 1 aromatic heterocycles. The molecule has 204 valence electrons. The number of ether oxygens (including phenoxy) is 2. The van der Waals surface area contributed by atoms with Gasteiger partial charge < -0.3 is 19.9 Å². The number of esters is 1. The van der Waals surface area contributed by atoms with Crippen LogP contribution in [0.1, 0.15) is 43.8 Å². The summed E-state index contributed by atoms with van der Waals surface area (Å²) < 4.78 is 11.4. The van der Waals surface area contributed by atoms with Gasteiger partial charge in [0.1, 0.15) is 6.04 Å². The number of carboxylic acids is 1. The molecule has 2 N–H and O–H groups in total. The number of aromatic nitrogens is 1. The molecule has 9 nitrogen and oxygen atoms in total. The molecule has 0 saturated carbocycles. The molecular formula is C26H30Cl2N4O5S. The maximum atomic E-state index is 13.4. The number of morpholine rings is 1. The SMILES string of the molecule is CCOC(=O)C1=C(CN2CCO[C@H](C)[C@H]2CC(C)C(=O)O)NC(c2nccs2)=N[C@H]1c1ccc(Cl)cc1Cl. The highest BCUT2D eigenvalue weighted by Gasteiger charge is 2.38. The zero-order chi connectivity index (χ0) is 27.4. The molecule has 1 aromatic carbocycles. The smallest absolute Gasteiger partial charge is 0.338 e. The Bertz CT molecular complexity index is 1240. The second kappa shape index (κ2) is 12.6. The first-order valence-corrected chi connectivity index (χ1v) is 14.0. The first kappa shape index (κ1) is 28.5. The third-order valence-corrected chi connectivity index (χ3v) is 8.00. The van der Waals surface area contributed by atoms with Crippen molar-refractivity contribution in [1.82, 2.24) is 15.2 Å². The second-order valence-corrected chi connectivity index (χ2v) is 10.9. The fourth-order valence-electron chi connectivity index (χ4n) is 4.70. The lowest BCUT2D eigenvalue weighted by atomic mass is 9.93. The van der Waals surface area contributed by atoms with E-state index in [4.69, 9.17) is 37.7 Å². The van der Waals surface area contributed by atoms with Crippen molar-refractivity contribution in [2.24, 2.45) is 10.9 Å². The van der Waals surface area contributed by atoms with Gasteiger partial charge in [0.15, 0.2) is 10.8 Å². The van der Waals surface area contributed by atoms with Crippen LogP contribution in [0.25, 0.3) is 0 Å². The minimum Gasteiger partial charge on any atom is -0.481 e. The molecule has 2 aliphatic heterocycles. The van der Waals surface area contributed by atoms with Gasteiger partial charge in [-0.2, -0.15) is 0 Å². The van der Waals surface area contributed by atoms with Crippen molar-refractivity contribution in [3.8, 4) is 0 Å². The minimum absolute atomic E-state index is 0.174. The Kier molecular flexibility index (Phi) is 9.43. The van der Waals surface area contributed by atoms with Gasteiger partial charge in [-0.25, -0.2) is 9.78 Å². The zero-order valence-corrected chi connectivity index (χ0v) is 23.6. The number of rotatable bonds is 9. The first-order chi connectivity index (χ1) is 18.2. The van der Waals surface area contributed by atoms with Gasteiger partial charge in [0.25, 0.3) is 0 Å². The van der Waals surface area contributed by atoms with Gasteiger partial charge in [-0.05, 0) is 32.4 Å². The molecule has 0 spiro atoms. The molecule has 1 unspecified atom stereocenters. The second-order valence-electron chi connectivity index (χ2n) is 9.21. The van der Waals surface area contributed by atoms with Crippen LogP contribution < -0.4 is 5.32 Å². The molecule has 38 heavy (non-hydrogen) atoms. The van der Waals surface area contributed by atoms with E-state index in [0.29, 0.717) is 63.8 Å². The van der Waals surface area contributed by atoms with Crippen molar-refractivity contribution in [3.05, 3.63) is 61.7 Å². The third-order valence-electron chi connectivity index (χ3n) is 6.66. The van der Waals surface area contributed by atoms with Crippen LogP contribution in [0.2, 0.25) is 10.0 Å². The van der Waals surface area contributed by atoms with E-state index in [0.717, 1.165) is 0 Å². The Morgan fingerprint density at radius 1 is 1.37 bits per heavy atom. The Hall–Kier alpha value is -2.50. The number of carbonyl (C=O) groups excluding carboxylic acids is 1. The summed E-state index contributed by atoms with van der Waals surface area (Å²) in [6.45, 7) is 6.95. The molecule has 1 saturated heterocycles. The zero-order valence-electron chi connectivity index (χ0n) is 21.3. The molecule has 0 radical (unpaired) electrons. The van der Waals surface area contributed by atoms with Gasteiger partial charge in [-0.1, -0.05) is 36.2 Å². The van der Waals surface area contributed by atoms with Crippen LogP contribution in [0.15, 0.2) is 46.0 Å². The topological polar surface area (TPSA) is 113 Å². The van der Waals surface area contributed by atoms with Gasteiger partial charge in [0, 0.05) is 52.0 Å². The number of carbonyl (C=O) groups is 2.